The monoisotopic (exact) mass is 214 g/mol. The highest BCUT2D eigenvalue weighted by atomic mass is 16.4. The molecule has 0 unspecified atom stereocenters. The maximum absolute atomic E-state index is 11.8. The van der Waals surface area contributed by atoms with Crippen LogP contribution in [-0.2, 0) is 0 Å². The molecule has 0 amide bonds. The highest BCUT2D eigenvalue weighted by Gasteiger charge is 2.04. The summed E-state index contributed by atoms with van der Waals surface area (Å²) in [4.78, 5) is 22.4. The number of carboxylic acids is 1. The summed E-state index contributed by atoms with van der Waals surface area (Å²) in [5, 5.41) is 10.7. The van der Waals surface area contributed by atoms with Crippen LogP contribution in [0.3, 0.4) is 0 Å². The Morgan fingerprint density at radius 1 is 1.06 bits per heavy atom. The lowest BCUT2D eigenvalue weighted by Gasteiger charge is -2.07. The number of hydrogen-bond acceptors (Lipinski definition) is 3. The molecule has 0 saturated heterocycles. The predicted molar refractivity (Wildman–Crippen MR) is 56.4 cm³/mol. The number of carboxylic acid groups (broad SMARTS) is 1. The summed E-state index contributed by atoms with van der Waals surface area (Å²) in [6, 6.07) is 11.5. The Balaban J connectivity index is 2.64. The van der Waals surface area contributed by atoms with Crippen LogP contribution >= 0.6 is 0 Å². The summed E-state index contributed by atoms with van der Waals surface area (Å²) in [6.07, 6.45) is 1.52. The van der Waals surface area contributed by atoms with Crippen molar-refractivity contribution in [3.8, 4) is 5.69 Å². The molecule has 0 radical (unpaired) electrons. The van der Waals surface area contributed by atoms with Gasteiger partial charge in [-0.25, -0.2) is 0 Å². The molecule has 2 aromatic rings. The Kier molecular flexibility index (Phi) is 2.55. The second-order valence-corrected chi connectivity index (χ2v) is 3.22. The number of carbonyl (C=O) groups excluding carboxylic acids is 1. The van der Waals surface area contributed by atoms with E-state index in [0.717, 1.165) is 0 Å². The van der Waals surface area contributed by atoms with Gasteiger partial charge in [0.05, 0.1) is 11.5 Å². The van der Waals surface area contributed by atoms with Gasteiger partial charge in [0.15, 0.2) is 0 Å². The molecule has 0 atom stereocenters. The molecule has 16 heavy (non-hydrogen) atoms. The zero-order chi connectivity index (χ0) is 11.5. The first-order valence-electron chi connectivity index (χ1n) is 4.68. The van der Waals surface area contributed by atoms with Crippen molar-refractivity contribution >= 4 is 5.97 Å². The largest absolute Gasteiger partial charge is 0.545 e. The van der Waals surface area contributed by atoms with Crippen molar-refractivity contribution in [2.45, 2.75) is 0 Å². The molecule has 80 valence electrons. The third kappa shape index (κ3) is 1.72. The van der Waals surface area contributed by atoms with E-state index in [1.807, 2.05) is 6.07 Å². The van der Waals surface area contributed by atoms with Crippen LogP contribution in [0.1, 0.15) is 10.4 Å². The first-order chi connectivity index (χ1) is 7.70. The molecular formula is C12H8NO3-. The smallest absolute Gasteiger partial charge is 0.264 e. The predicted octanol–water partition coefficient (Wildman–Crippen LogP) is 0.201. The zero-order valence-corrected chi connectivity index (χ0v) is 8.29. The van der Waals surface area contributed by atoms with Gasteiger partial charge in [-0.15, -0.1) is 0 Å². The standard InChI is InChI=1S/C12H9NO3/c14-11-10(12(15)16)7-4-8-13(11)9-5-2-1-3-6-9/h1-8H,(H,15,16)/p-1. The second-order valence-electron chi connectivity index (χ2n) is 3.22. The Hall–Kier alpha value is -2.36. The number of pyridine rings is 1. The van der Waals surface area contributed by atoms with Crippen LogP contribution in [0.25, 0.3) is 5.69 Å². The normalized spacial score (nSPS) is 10.0. The molecule has 4 nitrogen and oxygen atoms in total. The summed E-state index contributed by atoms with van der Waals surface area (Å²) in [6.45, 7) is 0. The quantitative estimate of drug-likeness (QED) is 0.717. The van der Waals surface area contributed by atoms with E-state index in [1.165, 1.54) is 22.9 Å². The van der Waals surface area contributed by atoms with Gasteiger partial charge in [0.2, 0.25) is 0 Å². The van der Waals surface area contributed by atoms with Crippen molar-refractivity contribution in [1.82, 2.24) is 4.57 Å². The fourth-order valence-electron chi connectivity index (χ4n) is 1.44. The summed E-state index contributed by atoms with van der Waals surface area (Å²) < 4.78 is 1.27. The Morgan fingerprint density at radius 3 is 2.38 bits per heavy atom. The van der Waals surface area contributed by atoms with E-state index < -0.39 is 11.5 Å². The summed E-state index contributed by atoms with van der Waals surface area (Å²) in [5.41, 5.74) is -0.310. The lowest BCUT2D eigenvalue weighted by molar-refractivity contribution is -0.255. The maximum atomic E-state index is 11.8. The Labute approximate surface area is 91.4 Å². The Bertz CT molecular complexity index is 572. The average molecular weight is 214 g/mol. The van der Waals surface area contributed by atoms with E-state index in [0.29, 0.717) is 5.69 Å². The van der Waals surface area contributed by atoms with Crippen LogP contribution in [0, 0.1) is 0 Å². The van der Waals surface area contributed by atoms with Gasteiger partial charge >= 0.3 is 0 Å². The van der Waals surface area contributed by atoms with Crippen LogP contribution in [0.4, 0.5) is 0 Å². The van der Waals surface area contributed by atoms with Crippen molar-refractivity contribution in [3.63, 3.8) is 0 Å². The van der Waals surface area contributed by atoms with Crippen molar-refractivity contribution in [2.24, 2.45) is 0 Å². The fraction of sp³-hybridized carbons (Fsp3) is 0. The molecule has 2 rings (SSSR count). The van der Waals surface area contributed by atoms with Gasteiger partial charge in [-0.2, -0.15) is 0 Å². The molecule has 0 spiro atoms. The van der Waals surface area contributed by atoms with Gasteiger partial charge in [0.1, 0.15) is 0 Å². The van der Waals surface area contributed by atoms with Crippen molar-refractivity contribution in [3.05, 3.63) is 64.6 Å². The van der Waals surface area contributed by atoms with Crippen molar-refractivity contribution in [2.75, 3.05) is 0 Å². The third-order valence-corrected chi connectivity index (χ3v) is 2.20. The van der Waals surface area contributed by atoms with Crippen LogP contribution in [0.5, 0.6) is 0 Å². The molecule has 0 aliphatic heterocycles. The SMILES string of the molecule is O=C([O-])c1cccn(-c2ccccc2)c1=O. The molecule has 1 aromatic carbocycles. The number of aromatic carboxylic acids is 1. The average Bonchev–Trinajstić information content (AvgIpc) is 2.30. The molecule has 1 heterocycles. The molecule has 1 aromatic heterocycles. The summed E-state index contributed by atoms with van der Waals surface area (Å²) in [7, 11) is 0. The highest BCUT2D eigenvalue weighted by Crippen LogP contribution is 2.03. The van der Waals surface area contributed by atoms with Crippen LogP contribution in [0.2, 0.25) is 0 Å². The minimum Gasteiger partial charge on any atom is -0.545 e. The third-order valence-electron chi connectivity index (χ3n) is 2.20. The van der Waals surface area contributed by atoms with Crippen molar-refractivity contribution in [1.29, 1.82) is 0 Å². The zero-order valence-electron chi connectivity index (χ0n) is 8.29. The number of para-hydroxylation sites is 1. The minimum atomic E-state index is -1.46. The maximum Gasteiger partial charge on any atom is 0.264 e. The van der Waals surface area contributed by atoms with Gasteiger partial charge < -0.3 is 9.90 Å². The van der Waals surface area contributed by atoms with E-state index in [9.17, 15) is 14.7 Å². The molecule has 0 N–H and O–H groups in total. The molecule has 0 bridgehead atoms. The van der Waals surface area contributed by atoms with Crippen LogP contribution in [-0.4, -0.2) is 10.5 Å². The van der Waals surface area contributed by atoms with E-state index >= 15 is 0 Å². The fourth-order valence-corrected chi connectivity index (χ4v) is 1.44. The molecule has 0 saturated carbocycles. The number of aromatic nitrogens is 1. The Morgan fingerprint density at radius 2 is 1.75 bits per heavy atom. The van der Waals surface area contributed by atoms with Crippen LogP contribution < -0.4 is 10.7 Å². The lowest BCUT2D eigenvalue weighted by Crippen LogP contribution is -2.32. The van der Waals surface area contributed by atoms with Gasteiger partial charge in [-0.05, 0) is 24.3 Å². The first-order valence-corrected chi connectivity index (χ1v) is 4.68. The number of benzene rings is 1. The second kappa shape index (κ2) is 4.02. The molecule has 0 aliphatic rings. The van der Waals surface area contributed by atoms with Crippen molar-refractivity contribution < 1.29 is 9.90 Å². The van der Waals surface area contributed by atoms with Gasteiger partial charge in [-0.1, -0.05) is 18.2 Å². The molecule has 0 fully saturated rings. The number of carbonyl (C=O) groups is 1. The number of hydrogen-bond donors (Lipinski definition) is 0. The first kappa shape index (κ1) is 10.2. The lowest BCUT2D eigenvalue weighted by atomic mass is 10.2. The van der Waals surface area contributed by atoms with Gasteiger partial charge in [0, 0.05) is 11.9 Å². The van der Waals surface area contributed by atoms with E-state index in [-0.39, 0.29) is 5.56 Å². The summed E-state index contributed by atoms with van der Waals surface area (Å²) >= 11 is 0. The molecular weight excluding hydrogens is 206 g/mol. The van der Waals surface area contributed by atoms with Gasteiger partial charge in [-0.3, -0.25) is 9.36 Å². The number of rotatable bonds is 2. The molecule has 0 aliphatic carbocycles. The van der Waals surface area contributed by atoms with E-state index in [1.54, 1.807) is 24.3 Å². The molecule has 4 heteroatoms. The van der Waals surface area contributed by atoms with E-state index in [2.05, 4.69) is 0 Å². The summed E-state index contributed by atoms with van der Waals surface area (Å²) in [5.74, 6) is -1.46. The van der Waals surface area contributed by atoms with E-state index in [4.69, 9.17) is 0 Å². The topological polar surface area (TPSA) is 62.1 Å². The highest BCUT2D eigenvalue weighted by molar-refractivity contribution is 5.85. The number of nitrogens with zero attached hydrogens (tertiary/aromatic N) is 1. The minimum absolute atomic E-state index is 0.341. The van der Waals surface area contributed by atoms with Gasteiger partial charge in [0.25, 0.3) is 5.56 Å². The van der Waals surface area contributed by atoms with Crippen LogP contribution in [0.15, 0.2) is 53.5 Å².